The number of thiophene rings is 1. The van der Waals surface area contributed by atoms with Gasteiger partial charge in [-0.15, -0.1) is 11.3 Å². The van der Waals surface area contributed by atoms with Gasteiger partial charge in [-0.1, -0.05) is 6.07 Å². The van der Waals surface area contributed by atoms with Gasteiger partial charge in [-0.05, 0) is 17.5 Å². The van der Waals surface area contributed by atoms with Crippen LogP contribution in [0.1, 0.15) is 4.88 Å². The number of nitrogens with zero attached hydrogens (tertiary/aromatic N) is 1. The zero-order chi connectivity index (χ0) is 8.10. The molecule has 1 aromatic heterocycles. The molecule has 1 N–H and O–H groups in total. The lowest BCUT2D eigenvalue weighted by atomic mass is 10.3. The summed E-state index contributed by atoms with van der Waals surface area (Å²) < 4.78 is 0. The van der Waals surface area contributed by atoms with Gasteiger partial charge in [0, 0.05) is 11.9 Å². The summed E-state index contributed by atoms with van der Waals surface area (Å²) in [6, 6.07) is 5.98. The van der Waals surface area contributed by atoms with Gasteiger partial charge in [0.05, 0.1) is 0 Å². The molecular formula is C8H8N2S. The van der Waals surface area contributed by atoms with Crippen molar-refractivity contribution in [2.75, 3.05) is 7.05 Å². The van der Waals surface area contributed by atoms with Gasteiger partial charge < -0.3 is 5.32 Å². The maximum Gasteiger partial charge on any atom is 0.117 e. The third-order valence-electron chi connectivity index (χ3n) is 1.22. The first-order valence-corrected chi connectivity index (χ1v) is 4.08. The molecule has 0 aliphatic heterocycles. The van der Waals surface area contributed by atoms with Crippen molar-refractivity contribution in [1.82, 2.24) is 5.32 Å². The minimum atomic E-state index is 0.590. The first-order chi connectivity index (χ1) is 5.36. The molecule has 1 heterocycles. The molecule has 0 aromatic carbocycles. The fourth-order valence-electron chi connectivity index (χ4n) is 0.676. The largest absolute Gasteiger partial charge is 0.380 e. The van der Waals surface area contributed by atoms with Crippen LogP contribution in [0.5, 0.6) is 0 Å². The molecular weight excluding hydrogens is 156 g/mol. The predicted octanol–water partition coefficient (Wildman–Crippen LogP) is 1.83. The van der Waals surface area contributed by atoms with E-state index < -0.39 is 0 Å². The number of nitrogens with one attached hydrogen (secondary N) is 1. The molecule has 2 nitrogen and oxygen atoms in total. The molecule has 1 aromatic rings. The lowest BCUT2D eigenvalue weighted by Crippen LogP contribution is -2.02. The second kappa shape index (κ2) is 3.79. The standard InChI is InChI=1S/C8H8N2S/c1-10-7(6-9)5-8-3-2-4-11-8/h2-5,10H,1H3/b7-5+. The molecule has 0 bridgehead atoms. The van der Waals surface area contributed by atoms with Crippen molar-refractivity contribution in [3.63, 3.8) is 0 Å². The fraction of sp³-hybridized carbons (Fsp3) is 0.125. The Morgan fingerprint density at radius 1 is 1.82 bits per heavy atom. The van der Waals surface area contributed by atoms with Crippen molar-refractivity contribution in [2.24, 2.45) is 0 Å². The Kier molecular flexibility index (Phi) is 2.70. The topological polar surface area (TPSA) is 35.8 Å². The molecule has 0 unspecified atom stereocenters. The Balaban J connectivity index is 2.81. The van der Waals surface area contributed by atoms with Crippen molar-refractivity contribution in [3.05, 3.63) is 28.1 Å². The zero-order valence-electron chi connectivity index (χ0n) is 6.16. The summed E-state index contributed by atoms with van der Waals surface area (Å²) in [7, 11) is 1.74. The van der Waals surface area contributed by atoms with Crippen LogP contribution in [0, 0.1) is 11.3 Å². The molecule has 0 spiro atoms. The maximum atomic E-state index is 8.55. The van der Waals surface area contributed by atoms with Crippen molar-refractivity contribution in [2.45, 2.75) is 0 Å². The molecule has 3 heteroatoms. The highest BCUT2D eigenvalue weighted by Gasteiger charge is 1.91. The summed E-state index contributed by atoms with van der Waals surface area (Å²) in [5.74, 6) is 0. The number of hydrogen-bond donors (Lipinski definition) is 1. The van der Waals surface area contributed by atoms with Gasteiger partial charge in [0.1, 0.15) is 11.8 Å². The Hall–Kier alpha value is -1.27. The van der Waals surface area contributed by atoms with E-state index in [2.05, 4.69) is 5.32 Å². The fourth-order valence-corrected chi connectivity index (χ4v) is 1.33. The summed E-state index contributed by atoms with van der Waals surface area (Å²) in [6.45, 7) is 0. The molecule has 0 fully saturated rings. The highest BCUT2D eigenvalue weighted by molar-refractivity contribution is 7.10. The average molecular weight is 164 g/mol. The number of allylic oxidation sites excluding steroid dienone is 1. The van der Waals surface area contributed by atoms with Crippen LogP contribution in [0.25, 0.3) is 6.08 Å². The number of rotatable bonds is 2. The maximum absolute atomic E-state index is 8.55. The molecule has 0 amide bonds. The minimum Gasteiger partial charge on any atom is -0.380 e. The monoisotopic (exact) mass is 164 g/mol. The zero-order valence-corrected chi connectivity index (χ0v) is 6.98. The number of nitriles is 1. The van der Waals surface area contributed by atoms with Crippen LogP contribution in [-0.2, 0) is 0 Å². The Morgan fingerprint density at radius 3 is 3.09 bits per heavy atom. The molecule has 0 aliphatic rings. The highest BCUT2D eigenvalue weighted by Crippen LogP contribution is 2.11. The Bertz CT molecular complexity index is 280. The van der Waals surface area contributed by atoms with Crippen LogP contribution >= 0.6 is 11.3 Å². The molecule has 1 rings (SSSR count). The summed E-state index contributed by atoms with van der Waals surface area (Å²) in [5, 5.41) is 13.3. The first kappa shape index (κ1) is 7.83. The van der Waals surface area contributed by atoms with Crippen molar-refractivity contribution in [3.8, 4) is 6.07 Å². The molecule has 0 atom stereocenters. The first-order valence-electron chi connectivity index (χ1n) is 3.20. The Morgan fingerprint density at radius 2 is 2.64 bits per heavy atom. The van der Waals surface area contributed by atoms with E-state index in [1.54, 1.807) is 18.4 Å². The van der Waals surface area contributed by atoms with Gasteiger partial charge in [0.15, 0.2) is 0 Å². The Labute approximate surface area is 69.8 Å². The summed E-state index contributed by atoms with van der Waals surface area (Å²) >= 11 is 1.61. The van der Waals surface area contributed by atoms with Gasteiger partial charge in [-0.3, -0.25) is 0 Å². The minimum absolute atomic E-state index is 0.590. The van der Waals surface area contributed by atoms with E-state index in [9.17, 15) is 0 Å². The van der Waals surface area contributed by atoms with Crippen LogP contribution in [-0.4, -0.2) is 7.05 Å². The normalized spacial score (nSPS) is 10.7. The highest BCUT2D eigenvalue weighted by atomic mass is 32.1. The second-order valence-corrected chi connectivity index (χ2v) is 2.91. The third kappa shape index (κ3) is 2.10. The van der Waals surface area contributed by atoms with Crippen molar-refractivity contribution in [1.29, 1.82) is 5.26 Å². The van der Waals surface area contributed by atoms with E-state index in [1.165, 1.54) is 0 Å². The molecule has 0 saturated carbocycles. The molecule has 0 saturated heterocycles. The average Bonchev–Trinajstić information content (AvgIpc) is 2.52. The van der Waals surface area contributed by atoms with Crippen LogP contribution in [0.3, 0.4) is 0 Å². The lowest BCUT2D eigenvalue weighted by molar-refractivity contribution is 1.05. The lowest BCUT2D eigenvalue weighted by Gasteiger charge is -1.92. The molecule has 0 aliphatic carbocycles. The van der Waals surface area contributed by atoms with Gasteiger partial charge in [-0.25, -0.2) is 0 Å². The second-order valence-electron chi connectivity index (χ2n) is 1.94. The number of hydrogen-bond acceptors (Lipinski definition) is 3. The van der Waals surface area contributed by atoms with E-state index >= 15 is 0 Å². The van der Waals surface area contributed by atoms with Gasteiger partial charge >= 0.3 is 0 Å². The van der Waals surface area contributed by atoms with Crippen molar-refractivity contribution >= 4 is 17.4 Å². The van der Waals surface area contributed by atoms with Gasteiger partial charge in [0.25, 0.3) is 0 Å². The van der Waals surface area contributed by atoms with E-state index in [1.807, 2.05) is 29.7 Å². The van der Waals surface area contributed by atoms with Crippen molar-refractivity contribution < 1.29 is 0 Å². The summed E-state index contributed by atoms with van der Waals surface area (Å²) in [6.07, 6.45) is 1.82. The van der Waals surface area contributed by atoms with E-state index in [4.69, 9.17) is 5.26 Å². The van der Waals surface area contributed by atoms with Gasteiger partial charge in [-0.2, -0.15) is 5.26 Å². The third-order valence-corrected chi connectivity index (χ3v) is 2.04. The van der Waals surface area contributed by atoms with E-state index in [0.29, 0.717) is 5.70 Å². The molecule has 0 radical (unpaired) electrons. The predicted molar refractivity (Wildman–Crippen MR) is 47.0 cm³/mol. The van der Waals surface area contributed by atoms with Crippen LogP contribution in [0.15, 0.2) is 23.2 Å². The van der Waals surface area contributed by atoms with Gasteiger partial charge in [0.2, 0.25) is 0 Å². The van der Waals surface area contributed by atoms with Crippen LogP contribution in [0.4, 0.5) is 0 Å². The van der Waals surface area contributed by atoms with E-state index in [0.717, 1.165) is 4.88 Å². The SMILES string of the molecule is CN/C(C#N)=C/c1cccs1. The van der Waals surface area contributed by atoms with Crippen LogP contribution < -0.4 is 5.32 Å². The molecule has 11 heavy (non-hydrogen) atoms. The summed E-state index contributed by atoms with van der Waals surface area (Å²) in [5.41, 5.74) is 0.590. The summed E-state index contributed by atoms with van der Waals surface area (Å²) in [4.78, 5) is 1.09. The smallest absolute Gasteiger partial charge is 0.117 e. The van der Waals surface area contributed by atoms with E-state index in [-0.39, 0.29) is 0 Å². The molecule has 56 valence electrons. The van der Waals surface area contributed by atoms with Crippen LogP contribution in [0.2, 0.25) is 0 Å². The quantitative estimate of drug-likeness (QED) is 0.677.